The summed E-state index contributed by atoms with van der Waals surface area (Å²) in [5, 5.41) is 24.3. The zero-order chi connectivity index (χ0) is 25.9. The van der Waals surface area contributed by atoms with Crippen molar-refractivity contribution in [2.75, 3.05) is 0 Å². The van der Waals surface area contributed by atoms with Crippen LogP contribution in [0.3, 0.4) is 0 Å². The van der Waals surface area contributed by atoms with Gasteiger partial charge in [-0.15, -0.1) is 0 Å². The standard InChI is InChI=1S/C18H30N6O9/c1-3-7(2)14(21)17(31)23-9(6-13(27)28)16(30)22-8(4-11(19)25)15(29)24-10(18(32)33)5-12(20)26/h7-10,14H,3-6,21H2,1-2H3,(H2,19,25)(H2,20,26)(H,22,30)(H,23,31)(H,24,29)(H,27,28)(H,32,33). The van der Waals surface area contributed by atoms with Gasteiger partial charge in [0.2, 0.25) is 29.5 Å². The minimum absolute atomic E-state index is 0.287. The fourth-order valence-electron chi connectivity index (χ4n) is 2.52. The van der Waals surface area contributed by atoms with Crippen LogP contribution in [0.5, 0.6) is 0 Å². The summed E-state index contributed by atoms with van der Waals surface area (Å²) in [6.07, 6.45) is -1.92. The molecule has 0 saturated carbocycles. The highest BCUT2D eigenvalue weighted by molar-refractivity contribution is 5.97. The number of carboxylic acid groups (broad SMARTS) is 2. The van der Waals surface area contributed by atoms with Gasteiger partial charge in [0, 0.05) is 0 Å². The number of primary amides is 2. The van der Waals surface area contributed by atoms with Gasteiger partial charge in [-0.3, -0.25) is 28.8 Å². The number of carbonyl (C=O) groups excluding carboxylic acids is 5. The van der Waals surface area contributed by atoms with Crippen LogP contribution in [0.2, 0.25) is 0 Å². The first-order chi connectivity index (χ1) is 15.2. The van der Waals surface area contributed by atoms with E-state index < -0.39 is 84.9 Å². The van der Waals surface area contributed by atoms with Gasteiger partial charge in [-0.2, -0.15) is 0 Å². The molecular weight excluding hydrogens is 444 g/mol. The third kappa shape index (κ3) is 10.9. The molecule has 15 nitrogen and oxygen atoms in total. The molecule has 0 saturated heterocycles. The van der Waals surface area contributed by atoms with Crippen LogP contribution in [0.25, 0.3) is 0 Å². The number of hydrogen-bond donors (Lipinski definition) is 8. The van der Waals surface area contributed by atoms with Crippen molar-refractivity contribution in [2.24, 2.45) is 23.1 Å². The summed E-state index contributed by atoms with van der Waals surface area (Å²) in [6.45, 7) is 3.45. The quantitative estimate of drug-likeness (QED) is 0.114. The van der Waals surface area contributed by atoms with Crippen molar-refractivity contribution in [1.29, 1.82) is 0 Å². The fraction of sp³-hybridized carbons (Fsp3) is 0.611. The number of nitrogens with two attached hydrogens (primary N) is 3. The number of carbonyl (C=O) groups is 7. The van der Waals surface area contributed by atoms with Gasteiger partial charge in [-0.25, -0.2) is 4.79 Å². The van der Waals surface area contributed by atoms with Crippen LogP contribution in [0.1, 0.15) is 39.5 Å². The van der Waals surface area contributed by atoms with Crippen molar-refractivity contribution >= 4 is 41.5 Å². The summed E-state index contributed by atoms with van der Waals surface area (Å²) in [7, 11) is 0. The lowest BCUT2D eigenvalue weighted by Crippen LogP contribution is -2.58. The number of hydrogen-bond acceptors (Lipinski definition) is 8. The molecule has 0 aromatic carbocycles. The van der Waals surface area contributed by atoms with E-state index in [0.717, 1.165) is 0 Å². The number of amides is 5. The van der Waals surface area contributed by atoms with E-state index in [0.29, 0.717) is 6.42 Å². The van der Waals surface area contributed by atoms with E-state index in [-0.39, 0.29) is 5.92 Å². The van der Waals surface area contributed by atoms with E-state index in [1.807, 2.05) is 5.32 Å². The van der Waals surface area contributed by atoms with E-state index in [9.17, 15) is 33.6 Å². The Kier molecular flexibility index (Phi) is 12.1. The molecule has 0 aliphatic carbocycles. The topological polar surface area (TPSA) is 274 Å². The summed E-state index contributed by atoms with van der Waals surface area (Å²) in [5.74, 6) is -8.64. The Morgan fingerprint density at radius 3 is 1.52 bits per heavy atom. The zero-order valence-electron chi connectivity index (χ0n) is 18.2. The van der Waals surface area contributed by atoms with Gasteiger partial charge in [-0.05, 0) is 5.92 Å². The third-order valence-electron chi connectivity index (χ3n) is 4.63. The van der Waals surface area contributed by atoms with Crippen LogP contribution in [-0.2, 0) is 33.6 Å². The van der Waals surface area contributed by atoms with Crippen LogP contribution < -0.4 is 33.2 Å². The molecule has 0 aliphatic heterocycles. The maximum absolute atomic E-state index is 12.6. The molecule has 0 spiro atoms. The molecule has 0 aromatic heterocycles. The summed E-state index contributed by atoms with van der Waals surface area (Å²) in [6, 6.07) is -6.21. The molecule has 0 heterocycles. The number of nitrogens with one attached hydrogen (secondary N) is 3. The van der Waals surface area contributed by atoms with Crippen LogP contribution in [0.15, 0.2) is 0 Å². The summed E-state index contributed by atoms with van der Waals surface area (Å²) < 4.78 is 0. The Morgan fingerprint density at radius 2 is 1.12 bits per heavy atom. The second kappa shape index (κ2) is 13.6. The van der Waals surface area contributed by atoms with Crippen molar-refractivity contribution in [2.45, 2.75) is 63.7 Å². The average molecular weight is 474 g/mol. The molecular formula is C18H30N6O9. The van der Waals surface area contributed by atoms with Crippen molar-refractivity contribution in [3.05, 3.63) is 0 Å². The van der Waals surface area contributed by atoms with E-state index in [4.69, 9.17) is 27.4 Å². The first kappa shape index (κ1) is 29.2. The second-order valence-electron chi connectivity index (χ2n) is 7.37. The maximum Gasteiger partial charge on any atom is 0.326 e. The Labute approximate surface area is 188 Å². The maximum atomic E-state index is 12.6. The Bertz CT molecular complexity index is 787. The predicted molar refractivity (Wildman–Crippen MR) is 111 cm³/mol. The first-order valence-electron chi connectivity index (χ1n) is 9.87. The monoisotopic (exact) mass is 474 g/mol. The predicted octanol–water partition coefficient (Wildman–Crippen LogP) is -3.88. The Balaban J connectivity index is 5.60. The van der Waals surface area contributed by atoms with E-state index in [1.165, 1.54) is 0 Å². The largest absolute Gasteiger partial charge is 0.481 e. The molecule has 0 aromatic rings. The Morgan fingerprint density at radius 1 is 0.727 bits per heavy atom. The SMILES string of the molecule is CCC(C)C(N)C(=O)NC(CC(=O)O)C(=O)NC(CC(N)=O)C(=O)NC(CC(N)=O)C(=O)O. The van der Waals surface area contributed by atoms with Crippen LogP contribution >= 0.6 is 0 Å². The van der Waals surface area contributed by atoms with Gasteiger partial charge in [0.25, 0.3) is 0 Å². The lowest BCUT2D eigenvalue weighted by molar-refractivity contribution is -0.144. The zero-order valence-corrected chi connectivity index (χ0v) is 18.2. The van der Waals surface area contributed by atoms with Crippen molar-refractivity contribution in [3.63, 3.8) is 0 Å². The summed E-state index contributed by atoms with van der Waals surface area (Å²) in [4.78, 5) is 82.0. The molecule has 15 heteroatoms. The second-order valence-corrected chi connectivity index (χ2v) is 7.37. The minimum Gasteiger partial charge on any atom is -0.481 e. The van der Waals surface area contributed by atoms with Gasteiger partial charge >= 0.3 is 11.9 Å². The van der Waals surface area contributed by atoms with Gasteiger partial charge in [0.1, 0.15) is 18.1 Å². The van der Waals surface area contributed by atoms with E-state index in [2.05, 4.69) is 10.6 Å². The molecule has 0 fully saturated rings. The minimum atomic E-state index is -1.76. The van der Waals surface area contributed by atoms with Gasteiger partial charge in [0.05, 0.1) is 25.3 Å². The van der Waals surface area contributed by atoms with Gasteiger partial charge < -0.3 is 43.4 Å². The third-order valence-corrected chi connectivity index (χ3v) is 4.63. The Hall–Kier alpha value is -3.75. The van der Waals surface area contributed by atoms with Gasteiger partial charge in [-0.1, -0.05) is 20.3 Å². The molecule has 0 aliphatic rings. The first-order valence-corrected chi connectivity index (χ1v) is 9.87. The average Bonchev–Trinajstić information content (AvgIpc) is 2.69. The number of aliphatic carboxylic acids is 2. The van der Waals surface area contributed by atoms with Crippen molar-refractivity contribution < 1.29 is 43.8 Å². The normalized spacial score (nSPS) is 15.1. The molecule has 0 rings (SSSR count). The number of carboxylic acids is 2. The number of rotatable bonds is 15. The molecule has 5 unspecified atom stereocenters. The molecule has 0 bridgehead atoms. The molecule has 0 radical (unpaired) electrons. The highest BCUT2D eigenvalue weighted by atomic mass is 16.4. The van der Waals surface area contributed by atoms with Crippen LogP contribution in [-0.4, -0.2) is 75.9 Å². The lowest BCUT2D eigenvalue weighted by Gasteiger charge is -2.25. The molecule has 5 atom stereocenters. The van der Waals surface area contributed by atoms with Crippen molar-refractivity contribution in [3.8, 4) is 0 Å². The van der Waals surface area contributed by atoms with E-state index in [1.54, 1.807) is 13.8 Å². The van der Waals surface area contributed by atoms with Gasteiger partial charge in [0.15, 0.2) is 0 Å². The molecule has 33 heavy (non-hydrogen) atoms. The summed E-state index contributed by atoms with van der Waals surface area (Å²) in [5.41, 5.74) is 15.8. The van der Waals surface area contributed by atoms with Crippen molar-refractivity contribution in [1.82, 2.24) is 16.0 Å². The van der Waals surface area contributed by atoms with Crippen LogP contribution in [0.4, 0.5) is 0 Å². The lowest BCUT2D eigenvalue weighted by atomic mass is 9.99. The van der Waals surface area contributed by atoms with E-state index >= 15 is 0 Å². The molecule has 11 N–H and O–H groups in total. The highest BCUT2D eigenvalue weighted by Crippen LogP contribution is 2.07. The smallest absolute Gasteiger partial charge is 0.326 e. The molecule has 5 amide bonds. The fourth-order valence-corrected chi connectivity index (χ4v) is 2.52. The molecule has 186 valence electrons. The highest BCUT2D eigenvalue weighted by Gasteiger charge is 2.33. The van der Waals surface area contributed by atoms with Crippen LogP contribution in [0, 0.1) is 5.92 Å². The summed E-state index contributed by atoms with van der Waals surface area (Å²) >= 11 is 0.